The van der Waals surface area contributed by atoms with E-state index in [9.17, 15) is 19.8 Å². The van der Waals surface area contributed by atoms with Crippen molar-refractivity contribution >= 4 is 58.0 Å². The lowest BCUT2D eigenvalue weighted by Gasteiger charge is -2.08. The molecule has 0 amide bonds. The summed E-state index contributed by atoms with van der Waals surface area (Å²) in [4.78, 5) is 25.5. The fraction of sp³-hybridized carbons (Fsp3) is 0. The van der Waals surface area contributed by atoms with Crippen LogP contribution in [-0.4, -0.2) is 21.8 Å². The van der Waals surface area contributed by atoms with Crippen LogP contribution in [0.25, 0.3) is 0 Å². The summed E-state index contributed by atoms with van der Waals surface area (Å²) in [5.74, 6) is -1.49. The van der Waals surface area contributed by atoms with Gasteiger partial charge < -0.3 is 10.2 Å². The summed E-state index contributed by atoms with van der Waals surface area (Å²) in [6, 6.07) is 11.2. The predicted molar refractivity (Wildman–Crippen MR) is 110 cm³/mol. The van der Waals surface area contributed by atoms with Gasteiger partial charge >= 0.3 is 0 Å². The van der Waals surface area contributed by atoms with E-state index in [-0.39, 0.29) is 53.8 Å². The first-order valence-corrected chi connectivity index (χ1v) is 9.25. The second-order valence-electron chi connectivity index (χ2n) is 5.82. The normalized spacial score (nSPS) is 10.7. The Hall–Kier alpha value is -2.24. The van der Waals surface area contributed by atoms with Crippen LogP contribution in [-0.2, 0) is 0 Å². The number of carbonyl (C=O) groups is 2. The maximum absolute atomic E-state index is 12.7. The highest BCUT2D eigenvalue weighted by molar-refractivity contribution is 6.38. The largest absolute Gasteiger partial charge is 0.505 e. The average Bonchev–Trinajstić information content (AvgIpc) is 2.68. The monoisotopic (exact) mass is 454 g/mol. The van der Waals surface area contributed by atoms with Crippen molar-refractivity contribution in [3.63, 3.8) is 0 Å². The Balaban J connectivity index is 1.98. The lowest BCUT2D eigenvalue weighted by molar-refractivity contribution is 0.103. The maximum atomic E-state index is 12.7. The first kappa shape index (κ1) is 20.5. The number of carbonyl (C=O) groups excluding carboxylic acids is 2. The highest BCUT2D eigenvalue weighted by atomic mass is 35.5. The van der Waals surface area contributed by atoms with Gasteiger partial charge in [-0.15, -0.1) is 0 Å². The van der Waals surface area contributed by atoms with Crippen LogP contribution in [0.3, 0.4) is 0 Å². The second kappa shape index (κ2) is 8.02. The van der Waals surface area contributed by atoms with Crippen LogP contribution < -0.4 is 0 Å². The average molecular weight is 456 g/mol. The van der Waals surface area contributed by atoms with E-state index in [4.69, 9.17) is 46.4 Å². The van der Waals surface area contributed by atoms with Gasteiger partial charge in [0.15, 0.2) is 23.1 Å². The van der Waals surface area contributed by atoms with Gasteiger partial charge in [-0.05, 0) is 30.3 Å². The van der Waals surface area contributed by atoms with E-state index in [1.807, 2.05) is 0 Å². The molecule has 0 fully saturated rings. The number of benzene rings is 3. The van der Waals surface area contributed by atoms with Gasteiger partial charge in [0.25, 0.3) is 0 Å². The molecule has 8 heteroatoms. The Morgan fingerprint density at radius 2 is 0.893 bits per heavy atom. The van der Waals surface area contributed by atoms with Crippen LogP contribution in [0, 0.1) is 0 Å². The van der Waals surface area contributed by atoms with Gasteiger partial charge in [0.05, 0.1) is 20.1 Å². The van der Waals surface area contributed by atoms with Crippen molar-refractivity contribution in [1.29, 1.82) is 0 Å². The van der Waals surface area contributed by atoms with Gasteiger partial charge in [-0.25, -0.2) is 0 Å². The van der Waals surface area contributed by atoms with Crippen LogP contribution >= 0.6 is 46.4 Å². The maximum Gasteiger partial charge on any atom is 0.193 e. The topological polar surface area (TPSA) is 74.6 Å². The van der Waals surface area contributed by atoms with Gasteiger partial charge in [-0.1, -0.05) is 64.6 Å². The molecule has 0 aliphatic heterocycles. The van der Waals surface area contributed by atoms with E-state index < -0.39 is 11.6 Å². The van der Waals surface area contributed by atoms with Gasteiger partial charge in [-0.3, -0.25) is 9.59 Å². The van der Waals surface area contributed by atoms with Crippen LogP contribution in [0.2, 0.25) is 20.1 Å². The highest BCUT2D eigenvalue weighted by Crippen LogP contribution is 2.34. The van der Waals surface area contributed by atoms with Gasteiger partial charge in [0.2, 0.25) is 0 Å². The highest BCUT2D eigenvalue weighted by Gasteiger charge is 2.18. The van der Waals surface area contributed by atoms with Gasteiger partial charge in [-0.2, -0.15) is 0 Å². The molecule has 0 aliphatic carbocycles. The molecule has 4 nitrogen and oxygen atoms in total. The first-order chi connectivity index (χ1) is 13.2. The Morgan fingerprint density at radius 1 is 0.571 bits per heavy atom. The van der Waals surface area contributed by atoms with E-state index in [1.54, 1.807) is 6.07 Å². The molecule has 0 bridgehead atoms. The zero-order chi connectivity index (χ0) is 20.6. The summed E-state index contributed by atoms with van der Waals surface area (Å²) >= 11 is 23.5. The molecular formula is C20H10Cl4O4. The molecule has 0 aromatic heterocycles. The SMILES string of the molecule is O=C(c1cccc(C(=O)c2cc(Cl)c(O)c(Cl)c2)c1)c1cc(Cl)c(O)c(Cl)c1. The molecule has 0 saturated carbocycles. The standard InChI is InChI=1S/C20H10Cl4O4/c21-13-5-11(6-14(22)19(13)27)17(25)9-2-1-3-10(4-9)18(26)12-7-15(23)20(28)16(24)8-12/h1-8,27-28H. The molecule has 0 atom stereocenters. The minimum absolute atomic E-state index is 0.0588. The van der Waals surface area contributed by atoms with E-state index in [0.29, 0.717) is 0 Å². The van der Waals surface area contributed by atoms with E-state index in [1.165, 1.54) is 42.5 Å². The smallest absolute Gasteiger partial charge is 0.193 e. The van der Waals surface area contributed by atoms with Crippen LogP contribution in [0.1, 0.15) is 31.8 Å². The number of ketones is 2. The molecular weight excluding hydrogens is 446 g/mol. The van der Waals surface area contributed by atoms with Gasteiger partial charge in [0.1, 0.15) is 0 Å². The van der Waals surface area contributed by atoms with Crippen molar-refractivity contribution < 1.29 is 19.8 Å². The molecule has 3 rings (SSSR count). The van der Waals surface area contributed by atoms with Crippen molar-refractivity contribution in [1.82, 2.24) is 0 Å². The summed E-state index contributed by atoms with van der Waals surface area (Å²) in [5, 5.41) is 19.0. The Bertz CT molecular complexity index is 994. The molecule has 0 aliphatic rings. The third-order valence-electron chi connectivity index (χ3n) is 3.95. The third kappa shape index (κ3) is 3.96. The zero-order valence-electron chi connectivity index (χ0n) is 13.8. The summed E-state index contributed by atoms with van der Waals surface area (Å²) in [7, 11) is 0. The molecule has 0 spiro atoms. The summed E-state index contributed by atoms with van der Waals surface area (Å²) < 4.78 is 0. The summed E-state index contributed by atoms with van der Waals surface area (Å²) in [6.07, 6.45) is 0. The minimum Gasteiger partial charge on any atom is -0.505 e. The van der Waals surface area contributed by atoms with E-state index >= 15 is 0 Å². The molecule has 3 aromatic rings. The van der Waals surface area contributed by atoms with Crippen LogP contribution in [0.5, 0.6) is 11.5 Å². The van der Waals surface area contributed by atoms with Gasteiger partial charge in [0, 0.05) is 22.3 Å². The summed E-state index contributed by atoms with van der Waals surface area (Å²) in [6.45, 7) is 0. The van der Waals surface area contributed by atoms with E-state index in [0.717, 1.165) is 0 Å². The Kier molecular flexibility index (Phi) is 5.87. The number of phenolic OH excluding ortho intramolecular Hbond substituents is 2. The number of hydrogen-bond acceptors (Lipinski definition) is 4. The molecule has 3 aromatic carbocycles. The third-order valence-corrected chi connectivity index (χ3v) is 5.10. The minimum atomic E-state index is -0.430. The summed E-state index contributed by atoms with van der Waals surface area (Å²) in [5.41, 5.74) is 0.764. The van der Waals surface area contributed by atoms with Crippen LogP contribution in [0.15, 0.2) is 48.5 Å². The number of halogens is 4. The lowest BCUT2D eigenvalue weighted by Crippen LogP contribution is -2.06. The molecule has 0 heterocycles. The number of aromatic hydroxyl groups is 2. The van der Waals surface area contributed by atoms with E-state index in [2.05, 4.69) is 0 Å². The molecule has 0 radical (unpaired) electrons. The van der Waals surface area contributed by atoms with Crippen molar-refractivity contribution in [3.8, 4) is 11.5 Å². The number of rotatable bonds is 4. The molecule has 0 saturated heterocycles. The Labute approximate surface area is 179 Å². The second-order valence-corrected chi connectivity index (χ2v) is 7.44. The van der Waals surface area contributed by atoms with Crippen molar-refractivity contribution in [2.24, 2.45) is 0 Å². The quantitative estimate of drug-likeness (QED) is 0.461. The first-order valence-electron chi connectivity index (χ1n) is 7.74. The fourth-order valence-corrected chi connectivity index (χ4v) is 3.50. The Morgan fingerprint density at radius 3 is 1.21 bits per heavy atom. The molecule has 0 unspecified atom stereocenters. The van der Waals surface area contributed by atoms with Crippen molar-refractivity contribution in [2.75, 3.05) is 0 Å². The van der Waals surface area contributed by atoms with Crippen molar-refractivity contribution in [2.45, 2.75) is 0 Å². The molecule has 28 heavy (non-hydrogen) atoms. The fourth-order valence-electron chi connectivity index (χ4n) is 2.53. The molecule has 142 valence electrons. The number of phenols is 2. The predicted octanol–water partition coefficient (Wildman–Crippen LogP) is 6.17. The lowest BCUT2D eigenvalue weighted by atomic mass is 9.97. The van der Waals surface area contributed by atoms with Crippen molar-refractivity contribution in [3.05, 3.63) is 90.9 Å². The molecule has 2 N–H and O–H groups in total. The zero-order valence-corrected chi connectivity index (χ0v) is 16.9. The van der Waals surface area contributed by atoms with Crippen LogP contribution in [0.4, 0.5) is 0 Å². The number of hydrogen-bond donors (Lipinski definition) is 2.